The van der Waals surface area contributed by atoms with Crippen LogP contribution in [0.1, 0.15) is 71.6 Å². The van der Waals surface area contributed by atoms with Crippen molar-refractivity contribution in [3.05, 3.63) is 23.5 Å². The van der Waals surface area contributed by atoms with E-state index < -0.39 is 47.4 Å². The van der Waals surface area contributed by atoms with Gasteiger partial charge in [0, 0.05) is 26.0 Å². The lowest BCUT2D eigenvalue weighted by Gasteiger charge is -2.27. The Bertz CT molecular complexity index is 1150. The molecule has 0 unspecified atom stereocenters. The van der Waals surface area contributed by atoms with Crippen LogP contribution >= 0.6 is 0 Å². The van der Waals surface area contributed by atoms with E-state index in [1.807, 2.05) is 0 Å². The third kappa shape index (κ3) is 6.47. The van der Waals surface area contributed by atoms with Gasteiger partial charge in [0.15, 0.2) is 17.2 Å². The second-order valence-electron chi connectivity index (χ2n) is 10.2. The maximum atomic E-state index is 12.6. The van der Waals surface area contributed by atoms with Crippen molar-refractivity contribution in [2.45, 2.75) is 79.0 Å². The van der Waals surface area contributed by atoms with E-state index in [0.29, 0.717) is 17.0 Å². The number of ether oxygens (including phenoxy) is 4. The number of hydrogen-bond acceptors (Lipinski definition) is 10. The third-order valence-electron chi connectivity index (χ3n) is 4.16. The first kappa shape index (κ1) is 25.9. The molecule has 0 radical (unpaired) electrons. The van der Waals surface area contributed by atoms with Crippen LogP contribution in [0.3, 0.4) is 0 Å². The first-order valence-corrected chi connectivity index (χ1v) is 10.8. The summed E-state index contributed by atoms with van der Waals surface area (Å²) in [7, 11) is 0. The molecular weight excluding hydrogens is 462 g/mol. The maximum Gasteiger partial charge on any atom is 0.444 e. The Morgan fingerprint density at radius 3 is 1.80 bits per heavy atom. The van der Waals surface area contributed by atoms with Gasteiger partial charge in [-0.25, -0.2) is 24.4 Å². The van der Waals surface area contributed by atoms with Crippen LogP contribution in [0, 0.1) is 0 Å². The Kier molecular flexibility index (Phi) is 6.55. The van der Waals surface area contributed by atoms with Crippen LogP contribution in [0.5, 0.6) is 11.5 Å². The number of carbonyl (C=O) groups excluding carboxylic acids is 2. The normalized spacial score (nSPS) is 14.5. The van der Waals surface area contributed by atoms with Crippen LogP contribution < -0.4 is 9.47 Å². The highest BCUT2D eigenvalue weighted by Gasteiger charge is 2.34. The monoisotopic (exact) mass is 491 g/mol. The summed E-state index contributed by atoms with van der Waals surface area (Å²) in [5.41, 5.74) is -1.89. The molecule has 2 amide bonds. The fourth-order valence-electron chi connectivity index (χ4n) is 3.00. The minimum absolute atomic E-state index is 0.139. The van der Waals surface area contributed by atoms with Gasteiger partial charge in [-0.2, -0.15) is 0 Å². The summed E-state index contributed by atoms with van der Waals surface area (Å²) in [4.78, 5) is 51.0. The summed E-state index contributed by atoms with van der Waals surface area (Å²) in [6, 6.07) is 3.08. The molecule has 1 aliphatic rings. The van der Waals surface area contributed by atoms with Crippen LogP contribution in [-0.2, 0) is 20.9 Å². The van der Waals surface area contributed by atoms with Crippen LogP contribution in [0.4, 0.5) is 9.59 Å². The van der Waals surface area contributed by atoms with E-state index in [0.717, 1.165) is 0 Å². The van der Waals surface area contributed by atoms with Gasteiger partial charge in [0.2, 0.25) is 5.79 Å². The highest BCUT2D eigenvalue weighted by Crippen LogP contribution is 2.41. The van der Waals surface area contributed by atoms with E-state index in [-0.39, 0.29) is 16.3 Å². The second-order valence-corrected chi connectivity index (χ2v) is 10.2. The molecule has 0 atom stereocenters. The van der Waals surface area contributed by atoms with Gasteiger partial charge in [-0.15, -0.1) is 0 Å². The van der Waals surface area contributed by atoms with Crippen LogP contribution in [0.15, 0.2) is 12.1 Å². The van der Waals surface area contributed by atoms with Gasteiger partial charge in [0.25, 0.3) is 0 Å². The van der Waals surface area contributed by atoms with Crippen molar-refractivity contribution in [3.8, 4) is 11.5 Å². The molecule has 2 heterocycles. The standard InChI is InChI=1S/C23H29N3O9/c1-21(2,3)34-19(29)26(20(30)35-22(4,5)6)31-11-14-17(18(27)28)25-13-10-16-15(9-12(13)24-14)32-23(7,8)33-16/h9-10H,11H2,1-8H3,(H,27,28). The minimum atomic E-state index is -1.38. The van der Waals surface area contributed by atoms with Gasteiger partial charge in [0.1, 0.15) is 23.5 Å². The van der Waals surface area contributed by atoms with E-state index in [9.17, 15) is 19.5 Å². The number of aromatic carboxylic acids is 1. The molecule has 190 valence electrons. The topological polar surface area (TPSA) is 147 Å². The molecule has 35 heavy (non-hydrogen) atoms. The van der Waals surface area contributed by atoms with E-state index in [1.165, 1.54) is 6.07 Å². The molecular formula is C23H29N3O9. The summed E-state index contributed by atoms with van der Waals surface area (Å²) >= 11 is 0. The van der Waals surface area contributed by atoms with Gasteiger partial charge in [0.05, 0.1) is 11.0 Å². The molecule has 3 rings (SSSR count). The van der Waals surface area contributed by atoms with E-state index >= 15 is 0 Å². The Balaban J connectivity index is 1.94. The first-order valence-electron chi connectivity index (χ1n) is 10.8. The summed E-state index contributed by atoms with van der Waals surface area (Å²) in [5, 5.41) is 9.97. The molecule has 0 saturated carbocycles. The van der Waals surface area contributed by atoms with Crippen molar-refractivity contribution >= 4 is 29.2 Å². The molecule has 0 fully saturated rings. The summed E-state index contributed by atoms with van der Waals surface area (Å²) in [6.45, 7) is 12.5. The average molecular weight is 491 g/mol. The Morgan fingerprint density at radius 1 is 0.914 bits per heavy atom. The molecule has 0 aliphatic carbocycles. The van der Waals surface area contributed by atoms with Crippen molar-refractivity contribution in [1.82, 2.24) is 15.0 Å². The van der Waals surface area contributed by atoms with E-state index in [4.69, 9.17) is 23.8 Å². The SMILES string of the molecule is CC(C)(C)OC(=O)N(OCc1nc2cc3c(cc2nc1C(=O)O)OC(C)(C)O3)C(=O)OC(C)(C)C. The van der Waals surface area contributed by atoms with Crippen molar-refractivity contribution in [2.24, 2.45) is 0 Å². The zero-order chi connectivity index (χ0) is 26.3. The van der Waals surface area contributed by atoms with Gasteiger partial charge in [-0.1, -0.05) is 5.06 Å². The average Bonchev–Trinajstić information content (AvgIpc) is 2.95. The molecule has 12 heteroatoms. The van der Waals surface area contributed by atoms with E-state index in [2.05, 4.69) is 9.97 Å². The molecule has 1 aromatic heterocycles. The Labute approximate surface area is 202 Å². The largest absolute Gasteiger partial charge is 0.476 e. The quantitative estimate of drug-likeness (QED) is 0.605. The molecule has 0 bridgehead atoms. The lowest BCUT2D eigenvalue weighted by Crippen LogP contribution is -2.43. The molecule has 2 aromatic rings. The molecule has 0 saturated heterocycles. The molecule has 0 spiro atoms. The van der Waals surface area contributed by atoms with Crippen molar-refractivity contribution in [1.29, 1.82) is 0 Å². The highest BCUT2D eigenvalue weighted by molar-refractivity contribution is 5.90. The summed E-state index contributed by atoms with van der Waals surface area (Å²) in [6.07, 6.45) is -2.27. The lowest BCUT2D eigenvalue weighted by atomic mass is 10.2. The number of carboxylic acid groups (broad SMARTS) is 1. The third-order valence-corrected chi connectivity index (χ3v) is 4.16. The van der Waals surface area contributed by atoms with Crippen molar-refractivity contribution in [3.63, 3.8) is 0 Å². The lowest BCUT2D eigenvalue weighted by molar-refractivity contribution is -0.146. The van der Waals surface area contributed by atoms with Gasteiger partial charge >= 0.3 is 18.2 Å². The van der Waals surface area contributed by atoms with Crippen LogP contribution in [-0.4, -0.2) is 55.3 Å². The summed E-state index contributed by atoms with van der Waals surface area (Å²) < 4.78 is 21.8. The number of rotatable bonds is 4. The smallest absolute Gasteiger partial charge is 0.444 e. The number of fused-ring (bicyclic) bond motifs is 2. The molecule has 1 aromatic carbocycles. The van der Waals surface area contributed by atoms with Gasteiger partial charge in [-0.3, -0.25) is 4.84 Å². The number of hydrogen-bond donors (Lipinski definition) is 1. The fraction of sp³-hybridized carbons (Fsp3) is 0.522. The number of hydroxylamine groups is 2. The Morgan fingerprint density at radius 2 is 1.37 bits per heavy atom. The first-order chi connectivity index (χ1) is 15.9. The number of aromatic nitrogens is 2. The number of benzene rings is 1. The number of carboxylic acids is 1. The van der Waals surface area contributed by atoms with Crippen molar-refractivity contribution < 1.29 is 43.3 Å². The zero-order valence-electron chi connectivity index (χ0n) is 20.9. The predicted molar refractivity (Wildman–Crippen MR) is 121 cm³/mol. The summed E-state index contributed by atoms with van der Waals surface area (Å²) in [5.74, 6) is -1.46. The number of amides is 2. The maximum absolute atomic E-state index is 12.6. The van der Waals surface area contributed by atoms with Crippen LogP contribution in [0.25, 0.3) is 11.0 Å². The minimum Gasteiger partial charge on any atom is -0.476 e. The fourth-order valence-corrected chi connectivity index (χ4v) is 3.00. The zero-order valence-corrected chi connectivity index (χ0v) is 20.9. The van der Waals surface area contributed by atoms with Crippen molar-refractivity contribution in [2.75, 3.05) is 0 Å². The number of nitrogens with zero attached hydrogens (tertiary/aromatic N) is 3. The van der Waals surface area contributed by atoms with E-state index in [1.54, 1.807) is 61.5 Å². The number of imide groups is 1. The van der Waals surface area contributed by atoms with Gasteiger partial charge in [-0.05, 0) is 41.5 Å². The van der Waals surface area contributed by atoms with Crippen LogP contribution in [0.2, 0.25) is 0 Å². The molecule has 12 nitrogen and oxygen atoms in total. The molecule has 1 aliphatic heterocycles. The predicted octanol–water partition coefficient (Wildman–Crippen LogP) is 4.44. The number of carbonyl (C=O) groups is 3. The molecule has 1 N–H and O–H groups in total. The highest BCUT2D eigenvalue weighted by atomic mass is 16.8. The van der Waals surface area contributed by atoms with Gasteiger partial charge < -0.3 is 24.1 Å². The Hall–Kier alpha value is -3.67. The second kappa shape index (κ2) is 8.84.